The molecule has 2 aromatic rings. The molecule has 2 fully saturated rings. The molecule has 6 heteroatoms. The van der Waals surface area contributed by atoms with E-state index in [2.05, 4.69) is 34.6 Å². The van der Waals surface area contributed by atoms with E-state index in [4.69, 9.17) is 9.68 Å². The molecule has 156 valence electrons. The number of rotatable bonds is 9. The number of oxime groups is 2. The first kappa shape index (κ1) is 20.1. The second-order valence-corrected chi connectivity index (χ2v) is 8.02. The minimum absolute atomic E-state index is 0.0360. The van der Waals surface area contributed by atoms with Crippen molar-refractivity contribution in [3.63, 3.8) is 0 Å². The SMILES string of the molecule is CO/N=C(\C(=O)O)c1ccccc1CO/N=C(/C)C1(c2ccccc2)CC1C1CC1. The summed E-state index contributed by atoms with van der Waals surface area (Å²) in [5.41, 5.74) is 3.23. The van der Waals surface area contributed by atoms with Crippen molar-refractivity contribution in [2.24, 2.45) is 22.1 Å². The zero-order chi connectivity index (χ0) is 21.1. The van der Waals surface area contributed by atoms with Gasteiger partial charge in [-0.3, -0.25) is 0 Å². The molecule has 2 saturated carbocycles. The largest absolute Gasteiger partial charge is 0.476 e. The van der Waals surface area contributed by atoms with Crippen molar-refractivity contribution >= 4 is 17.4 Å². The van der Waals surface area contributed by atoms with Crippen LogP contribution in [0.1, 0.15) is 42.9 Å². The zero-order valence-corrected chi connectivity index (χ0v) is 17.2. The molecule has 0 radical (unpaired) electrons. The highest BCUT2D eigenvalue weighted by atomic mass is 16.6. The molecule has 30 heavy (non-hydrogen) atoms. The lowest BCUT2D eigenvalue weighted by Gasteiger charge is -2.18. The van der Waals surface area contributed by atoms with E-state index >= 15 is 0 Å². The molecule has 0 heterocycles. The van der Waals surface area contributed by atoms with Crippen LogP contribution in [-0.2, 0) is 26.5 Å². The highest BCUT2D eigenvalue weighted by molar-refractivity contribution is 6.42. The summed E-state index contributed by atoms with van der Waals surface area (Å²) in [5.74, 6) is 0.267. The second-order valence-electron chi connectivity index (χ2n) is 8.02. The second kappa shape index (κ2) is 8.30. The molecule has 2 unspecified atom stereocenters. The van der Waals surface area contributed by atoms with Gasteiger partial charge >= 0.3 is 5.97 Å². The fourth-order valence-corrected chi connectivity index (χ4v) is 4.50. The van der Waals surface area contributed by atoms with Crippen LogP contribution in [0.5, 0.6) is 0 Å². The lowest BCUT2D eigenvalue weighted by Crippen LogP contribution is -2.22. The molecule has 0 bridgehead atoms. The van der Waals surface area contributed by atoms with Gasteiger partial charge in [0.05, 0.1) is 5.71 Å². The Hall–Kier alpha value is -3.15. The molecule has 0 aromatic heterocycles. The van der Waals surface area contributed by atoms with E-state index in [9.17, 15) is 9.90 Å². The third kappa shape index (κ3) is 3.82. The monoisotopic (exact) mass is 406 g/mol. The normalized spacial score (nSPS) is 23.7. The molecule has 4 rings (SSSR count). The van der Waals surface area contributed by atoms with E-state index in [1.807, 2.05) is 25.1 Å². The first-order valence-corrected chi connectivity index (χ1v) is 10.2. The number of aliphatic carboxylic acids is 1. The molecule has 2 aliphatic carbocycles. The highest BCUT2D eigenvalue weighted by Gasteiger charge is 2.62. The van der Waals surface area contributed by atoms with Gasteiger partial charge in [-0.2, -0.15) is 0 Å². The van der Waals surface area contributed by atoms with Crippen LogP contribution in [0.2, 0.25) is 0 Å². The zero-order valence-electron chi connectivity index (χ0n) is 17.2. The van der Waals surface area contributed by atoms with Gasteiger partial charge in [0.2, 0.25) is 0 Å². The Morgan fingerprint density at radius 3 is 2.47 bits per heavy atom. The van der Waals surface area contributed by atoms with E-state index in [1.54, 1.807) is 12.1 Å². The molecule has 2 aromatic carbocycles. The number of benzene rings is 2. The Morgan fingerprint density at radius 1 is 1.10 bits per heavy atom. The summed E-state index contributed by atoms with van der Waals surface area (Å²) in [7, 11) is 1.32. The number of carboxylic acids is 1. The molecule has 2 aliphatic rings. The van der Waals surface area contributed by atoms with Crippen LogP contribution in [0.4, 0.5) is 0 Å². The smallest absolute Gasteiger partial charge is 0.358 e. The van der Waals surface area contributed by atoms with Crippen LogP contribution in [0, 0.1) is 11.8 Å². The van der Waals surface area contributed by atoms with E-state index in [-0.39, 0.29) is 17.7 Å². The molecular formula is C24H26N2O4. The van der Waals surface area contributed by atoms with Gasteiger partial charge in [0.25, 0.3) is 0 Å². The third-order valence-electron chi connectivity index (χ3n) is 6.22. The highest BCUT2D eigenvalue weighted by Crippen LogP contribution is 2.64. The van der Waals surface area contributed by atoms with Gasteiger partial charge in [-0.15, -0.1) is 0 Å². The van der Waals surface area contributed by atoms with Crippen LogP contribution in [0.25, 0.3) is 0 Å². The molecule has 0 spiro atoms. The van der Waals surface area contributed by atoms with Crippen LogP contribution in [0.15, 0.2) is 64.9 Å². The number of carboxylic acid groups (broad SMARTS) is 1. The van der Waals surface area contributed by atoms with Crippen LogP contribution in [-0.4, -0.2) is 29.6 Å². The number of hydrogen-bond donors (Lipinski definition) is 1. The Balaban J connectivity index is 1.54. The fourth-order valence-electron chi connectivity index (χ4n) is 4.50. The maximum Gasteiger partial charge on any atom is 0.358 e. The summed E-state index contributed by atoms with van der Waals surface area (Å²) in [5, 5.41) is 17.6. The van der Waals surface area contributed by atoms with Gasteiger partial charge in [-0.05, 0) is 43.6 Å². The fraction of sp³-hybridized carbons (Fsp3) is 0.375. The lowest BCUT2D eigenvalue weighted by atomic mass is 9.87. The molecule has 2 atom stereocenters. The van der Waals surface area contributed by atoms with Crippen molar-refractivity contribution < 1.29 is 19.6 Å². The minimum Gasteiger partial charge on any atom is -0.476 e. The summed E-state index contributed by atoms with van der Waals surface area (Å²) < 4.78 is 0. The molecular weight excluding hydrogens is 380 g/mol. The van der Waals surface area contributed by atoms with Gasteiger partial charge in [0.1, 0.15) is 13.7 Å². The van der Waals surface area contributed by atoms with Crippen molar-refractivity contribution in [1.29, 1.82) is 0 Å². The minimum atomic E-state index is -1.16. The van der Waals surface area contributed by atoms with Crippen molar-refractivity contribution in [3.8, 4) is 0 Å². The molecule has 0 saturated heterocycles. The van der Waals surface area contributed by atoms with Crippen molar-refractivity contribution in [2.45, 2.75) is 38.2 Å². The number of carbonyl (C=O) groups is 1. The van der Waals surface area contributed by atoms with Gasteiger partial charge in [-0.25, -0.2) is 4.79 Å². The molecule has 1 N–H and O–H groups in total. The van der Waals surface area contributed by atoms with Crippen molar-refractivity contribution in [2.75, 3.05) is 7.11 Å². The summed E-state index contributed by atoms with van der Waals surface area (Å²) >= 11 is 0. The maximum atomic E-state index is 11.5. The standard InChI is InChI=1S/C24H26N2O4/c1-16(24(14-21(24)17-12-13-17)19-9-4-3-5-10-19)25-30-15-18-8-6-7-11-20(18)22(23(27)28)26-29-2/h3-11,17,21H,12-15H2,1-2H3,(H,27,28)/b25-16-,26-22-. The predicted octanol–water partition coefficient (Wildman–Crippen LogP) is 4.38. The van der Waals surface area contributed by atoms with Gasteiger partial charge in [-0.1, -0.05) is 64.9 Å². The van der Waals surface area contributed by atoms with Crippen LogP contribution in [0.3, 0.4) is 0 Å². The Morgan fingerprint density at radius 2 is 1.80 bits per heavy atom. The predicted molar refractivity (Wildman–Crippen MR) is 114 cm³/mol. The first-order chi connectivity index (χ1) is 14.6. The van der Waals surface area contributed by atoms with E-state index in [1.165, 1.54) is 25.5 Å². The van der Waals surface area contributed by atoms with Gasteiger partial charge in [0, 0.05) is 16.5 Å². The van der Waals surface area contributed by atoms with Crippen molar-refractivity contribution in [3.05, 3.63) is 71.3 Å². The Kier molecular flexibility index (Phi) is 5.57. The van der Waals surface area contributed by atoms with E-state index in [0.29, 0.717) is 17.0 Å². The third-order valence-corrected chi connectivity index (χ3v) is 6.22. The average molecular weight is 406 g/mol. The topological polar surface area (TPSA) is 80.5 Å². The van der Waals surface area contributed by atoms with Crippen LogP contribution >= 0.6 is 0 Å². The molecule has 6 nitrogen and oxygen atoms in total. The lowest BCUT2D eigenvalue weighted by molar-refractivity contribution is -0.129. The van der Waals surface area contributed by atoms with Crippen LogP contribution < -0.4 is 0 Å². The van der Waals surface area contributed by atoms with Gasteiger partial charge < -0.3 is 14.8 Å². The summed E-state index contributed by atoms with van der Waals surface area (Å²) in [4.78, 5) is 22.0. The van der Waals surface area contributed by atoms with Gasteiger partial charge in [0.15, 0.2) is 5.71 Å². The van der Waals surface area contributed by atoms with Crippen molar-refractivity contribution in [1.82, 2.24) is 0 Å². The Labute approximate surface area is 176 Å². The molecule has 0 aliphatic heterocycles. The number of hydrogen-bond acceptors (Lipinski definition) is 5. The average Bonchev–Trinajstić information content (AvgIpc) is 3.66. The quantitative estimate of drug-likeness (QED) is 0.495. The first-order valence-electron chi connectivity index (χ1n) is 10.2. The van der Waals surface area contributed by atoms with E-state index in [0.717, 1.165) is 18.1 Å². The Bertz CT molecular complexity index is 982. The maximum absolute atomic E-state index is 11.5. The molecule has 0 amide bonds. The van der Waals surface area contributed by atoms with E-state index < -0.39 is 5.97 Å². The number of nitrogens with zero attached hydrogens (tertiary/aromatic N) is 2. The summed E-state index contributed by atoms with van der Waals surface area (Å²) in [6.45, 7) is 2.19. The summed E-state index contributed by atoms with van der Waals surface area (Å²) in [6, 6.07) is 17.6. The summed E-state index contributed by atoms with van der Waals surface area (Å²) in [6.07, 6.45) is 3.72.